The summed E-state index contributed by atoms with van der Waals surface area (Å²) in [6.07, 6.45) is 1.00. The molecule has 0 fully saturated rings. The van der Waals surface area contributed by atoms with E-state index in [9.17, 15) is 5.11 Å². The summed E-state index contributed by atoms with van der Waals surface area (Å²) in [5.74, 6) is 1.05. The van der Waals surface area contributed by atoms with E-state index in [1.165, 1.54) is 11.1 Å². The van der Waals surface area contributed by atoms with Crippen LogP contribution in [0.1, 0.15) is 31.0 Å². The zero-order chi connectivity index (χ0) is 12.3. The minimum Gasteiger partial charge on any atom is -0.508 e. The molecular weight excluding hydrogens is 212 g/mol. The summed E-state index contributed by atoms with van der Waals surface area (Å²) in [6.45, 7) is 7.42. The Bertz CT molecular complexity index is 376. The monoisotopic (exact) mass is 234 g/mol. The van der Waals surface area contributed by atoms with Gasteiger partial charge >= 0.3 is 0 Å². The van der Waals surface area contributed by atoms with Crippen LogP contribution in [0.25, 0.3) is 0 Å². The van der Waals surface area contributed by atoms with Gasteiger partial charge in [-0.1, -0.05) is 19.9 Å². The number of hydrogen-bond acceptors (Lipinski definition) is 3. The molecule has 94 valence electrons. The molecule has 1 unspecified atom stereocenters. The summed E-state index contributed by atoms with van der Waals surface area (Å²) in [7, 11) is 0. The highest BCUT2D eigenvalue weighted by atomic mass is 16.3. The highest BCUT2D eigenvalue weighted by molar-refractivity contribution is 5.38. The van der Waals surface area contributed by atoms with Crippen LogP contribution in [0.15, 0.2) is 18.2 Å². The largest absolute Gasteiger partial charge is 0.508 e. The maximum atomic E-state index is 9.49. The molecule has 0 saturated carbocycles. The minimum atomic E-state index is 0.373. The molecule has 3 N–H and O–H groups in total. The van der Waals surface area contributed by atoms with Crippen molar-refractivity contribution in [2.45, 2.75) is 26.3 Å². The molecular formula is C14H22N2O. The van der Waals surface area contributed by atoms with Crippen molar-refractivity contribution in [2.75, 3.05) is 19.6 Å². The van der Waals surface area contributed by atoms with Gasteiger partial charge in [0.25, 0.3) is 0 Å². The number of benzene rings is 1. The third kappa shape index (κ3) is 3.20. The number of fused-ring (bicyclic) bond motifs is 1. The quantitative estimate of drug-likeness (QED) is 0.744. The van der Waals surface area contributed by atoms with Crippen molar-refractivity contribution in [3.8, 4) is 5.75 Å². The lowest BCUT2D eigenvalue weighted by Gasteiger charge is -2.27. The van der Waals surface area contributed by atoms with Crippen molar-refractivity contribution >= 4 is 0 Å². The molecule has 0 aliphatic carbocycles. The number of phenolic OH excluding ortho intramolecular Hbond substituents is 1. The normalized spacial score (nSPS) is 19.4. The maximum Gasteiger partial charge on any atom is 0.115 e. The highest BCUT2D eigenvalue weighted by Crippen LogP contribution is 2.25. The smallest absolute Gasteiger partial charge is 0.115 e. The van der Waals surface area contributed by atoms with E-state index in [1.807, 2.05) is 12.1 Å². The molecule has 17 heavy (non-hydrogen) atoms. The van der Waals surface area contributed by atoms with Gasteiger partial charge in [-0.3, -0.25) is 0 Å². The molecule has 1 aromatic carbocycles. The lowest BCUT2D eigenvalue weighted by Crippen LogP contribution is -2.37. The van der Waals surface area contributed by atoms with Crippen LogP contribution in [-0.2, 0) is 6.42 Å². The van der Waals surface area contributed by atoms with Crippen LogP contribution in [0.3, 0.4) is 0 Å². The van der Waals surface area contributed by atoms with Gasteiger partial charge < -0.3 is 15.7 Å². The summed E-state index contributed by atoms with van der Waals surface area (Å²) in [4.78, 5) is 0. The molecule has 3 nitrogen and oxygen atoms in total. The van der Waals surface area contributed by atoms with Crippen molar-refractivity contribution in [1.29, 1.82) is 0 Å². The summed E-state index contributed by atoms with van der Waals surface area (Å²) >= 11 is 0. The molecule has 2 rings (SSSR count). The van der Waals surface area contributed by atoms with Crippen LogP contribution in [0, 0.1) is 5.92 Å². The Kier molecular flexibility index (Phi) is 4.02. The van der Waals surface area contributed by atoms with Crippen LogP contribution < -0.4 is 10.6 Å². The van der Waals surface area contributed by atoms with E-state index >= 15 is 0 Å². The second kappa shape index (κ2) is 5.52. The first kappa shape index (κ1) is 12.4. The fraction of sp³-hybridized carbons (Fsp3) is 0.571. The van der Waals surface area contributed by atoms with Crippen molar-refractivity contribution in [3.05, 3.63) is 29.3 Å². The molecule has 0 spiro atoms. The zero-order valence-corrected chi connectivity index (χ0v) is 10.7. The Hall–Kier alpha value is -1.06. The van der Waals surface area contributed by atoms with Gasteiger partial charge in [0, 0.05) is 12.6 Å². The molecule has 1 aliphatic rings. The lowest BCUT2D eigenvalue weighted by molar-refractivity contribution is 0.442. The Balaban J connectivity index is 2.02. The Morgan fingerprint density at radius 2 is 2.29 bits per heavy atom. The van der Waals surface area contributed by atoms with E-state index in [-0.39, 0.29) is 0 Å². The lowest BCUT2D eigenvalue weighted by atomic mass is 9.94. The van der Waals surface area contributed by atoms with Gasteiger partial charge in [-0.2, -0.15) is 0 Å². The second-order valence-electron chi connectivity index (χ2n) is 5.19. The number of aromatic hydroxyl groups is 1. The van der Waals surface area contributed by atoms with Crippen molar-refractivity contribution < 1.29 is 5.11 Å². The second-order valence-corrected chi connectivity index (χ2v) is 5.19. The van der Waals surface area contributed by atoms with Gasteiger partial charge in [0.2, 0.25) is 0 Å². The molecule has 0 aromatic heterocycles. The molecule has 1 heterocycles. The van der Waals surface area contributed by atoms with Gasteiger partial charge in [-0.05, 0) is 48.7 Å². The van der Waals surface area contributed by atoms with E-state index in [4.69, 9.17) is 0 Å². The van der Waals surface area contributed by atoms with Gasteiger partial charge in [0.05, 0.1) is 0 Å². The maximum absolute atomic E-state index is 9.49. The van der Waals surface area contributed by atoms with Gasteiger partial charge in [-0.25, -0.2) is 0 Å². The molecule has 0 radical (unpaired) electrons. The Morgan fingerprint density at radius 1 is 1.47 bits per heavy atom. The highest BCUT2D eigenvalue weighted by Gasteiger charge is 2.19. The molecule has 0 amide bonds. The average Bonchev–Trinajstić information content (AvgIpc) is 2.28. The van der Waals surface area contributed by atoms with Crippen molar-refractivity contribution in [2.24, 2.45) is 5.92 Å². The van der Waals surface area contributed by atoms with Crippen LogP contribution in [-0.4, -0.2) is 24.7 Å². The van der Waals surface area contributed by atoms with E-state index in [1.54, 1.807) is 6.07 Å². The molecule has 3 heteroatoms. The summed E-state index contributed by atoms with van der Waals surface area (Å²) in [6, 6.07) is 6.09. The van der Waals surface area contributed by atoms with Gasteiger partial charge in [-0.15, -0.1) is 0 Å². The van der Waals surface area contributed by atoms with E-state index in [0.29, 0.717) is 17.7 Å². The van der Waals surface area contributed by atoms with E-state index in [2.05, 4.69) is 24.5 Å². The van der Waals surface area contributed by atoms with Crippen LogP contribution in [0.5, 0.6) is 5.75 Å². The summed E-state index contributed by atoms with van der Waals surface area (Å²) < 4.78 is 0. The first-order valence-electron chi connectivity index (χ1n) is 6.42. The van der Waals surface area contributed by atoms with Gasteiger partial charge in [0.15, 0.2) is 0 Å². The number of phenols is 1. The number of nitrogens with one attached hydrogen (secondary N) is 2. The first-order valence-corrected chi connectivity index (χ1v) is 6.42. The molecule has 0 bridgehead atoms. The summed E-state index contributed by atoms with van der Waals surface area (Å²) in [5, 5.41) is 16.5. The fourth-order valence-corrected chi connectivity index (χ4v) is 2.34. The first-order chi connectivity index (χ1) is 8.16. The SMILES string of the molecule is CC(C)CNCC1NCCc2cc(O)ccc21. The zero-order valence-electron chi connectivity index (χ0n) is 10.7. The fourth-order valence-electron chi connectivity index (χ4n) is 2.34. The predicted molar refractivity (Wildman–Crippen MR) is 70.3 cm³/mol. The Labute approximate surface area is 103 Å². The standard InChI is InChI=1S/C14H22N2O/c1-10(2)8-15-9-14-13-4-3-12(17)7-11(13)5-6-16-14/h3-4,7,10,14-17H,5-6,8-9H2,1-2H3. The minimum absolute atomic E-state index is 0.373. The Morgan fingerprint density at radius 3 is 3.06 bits per heavy atom. The van der Waals surface area contributed by atoms with Crippen LogP contribution in [0.4, 0.5) is 0 Å². The third-order valence-electron chi connectivity index (χ3n) is 3.19. The molecule has 1 atom stereocenters. The molecule has 1 aliphatic heterocycles. The van der Waals surface area contributed by atoms with Crippen molar-refractivity contribution in [1.82, 2.24) is 10.6 Å². The van der Waals surface area contributed by atoms with Crippen LogP contribution in [0.2, 0.25) is 0 Å². The van der Waals surface area contributed by atoms with Gasteiger partial charge in [0.1, 0.15) is 5.75 Å². The van der Waals surface area contributed by atoms with E-state index < -0.39 is 0 Å². The van der Waals surface area contributed by atoms with Crippen molar-refractivity contribution in [3.63, 3.8) is 0 Å². The predicted octanol–water partition coefficient (Wildman–Crippen LogP) is 1.82. The average molecular weight is 234 g/mol. The summed E-state index contributed by atoms with van der Waals surface area (Å²) in [5.41, 5.74) is 2.60. The molecule has 1 aromatic rings. The van der Waals surface area contributed by atoms with Crippen LogP contribution >= 0.6 is 0 Å². The number of hydrogen-bond donors (Lipinski definition) is 3. The molecule has 0 saturated heterocycles. The number of rotatable bonds is 4. The third-order valence-corrected chi connectivity index (χ3v) is 3.19. The topological polar surface area (TPSA) is 44.3 Å². The van der Waals surface area contributed by atoms with E-state index in [0.717, 1.165) is 26.1 Å².